The minimum Gasteiger partial charge on any atom is -0.495 e. The normalized spacial score (nSPS) is 10.8. The third kappa shape index (κ3) is 3.88. The third-order valence-corrected chi connectivity index (χ3v) is 4.64. The molecule has 0 saturated heterocycles. The molecule has 7 heteroatoms. The lowest BCUT2D eigenvalue weighted by Crippen LogP contribution is -2.21. The van der Waals surface area contributed by atoms with Gasteiger partial charge in [0.25, 0.3) is 5.91 Å². The number of para-hydroxylation sites is 1. The maximum absolute atomic E-state index is 12.3. The molecule has 0 aliphatic heterocycles. The van der Waals surface area contributed by atoms with Gasteiger partial charge in [0.05, 0.1) is 18.4 Å². The minimum atomic E-state index is -0.614. The number of nitrogens with one attached hydrogen (secondary N) is 1. The van der Waals surface area contributed by atoms with Crippen molar-refractivity contribution < 1.29 is 23.5 Å². The molecule has 3 aromatic carbocycles. The summed E-state index contributed by atoms with van der Waals surface area (Å²) in [7, 11) is 1.51. The van der Waals surface area contributed by atoms with Gasteiger partial charge in [-0.25, -0.2) is 4.79 Å². The summed E-state index contributed by atoms with van der Waals surface area (Å²) in [6, 6.07) is 17.3. The second-order valence-electron chi connectivity index (χ2n) is 6.28. The molecule has 0 saturated carbocycles. The van der Waals surface area contributed by atoms with E-state index in [1.807, 2.05) is 24.3 Å². The van der Waals surface area contributed by atoms with E-state index >= 15 is 0 Å². The Kier molecular flexibility index (Phi) is 5.10. The Bertz CT molecular complexity index is 1210. The predicted molar refractivity (Wildman–Crippen MR) is 111 cm³/mol. The van der Waals surface area contributed by atoms with Crippen molar-refractivity contribution in [3.63, 3.8) is 0 Å². The zero-order valence-corrected chi connectivity index (χ0v) is 16.2. The molecule has 1 N–H and O–H groups in total. The van der Waals surface area contributed by atoms with Crippen LogP contribution < -0.4 is 10.1 Å². The van der Waals surface area contributed by atoms with Crippen LogP contribution in [0.25, 0.3) is 21.9 Å². The number of hydrogen-bond donors (Lipinski definition) is 1. The Morgan fingerprint density at radius 3 is 2.52 bits per heavy atom. The largest absolute Gasteiger partial charge is 0.495 e. The fraction of sp³-hybridized carbons (Fsp3) is 0.0909. The van der Waals surface area contributed by atoms with Crippen molar-refractivity contribution in [2.45, 2.75) is 0 Å². The first-order valence-corrected chi connectivity index (χ1v) is 9.15. The van der Waals surface area contributed by atoms with Gasteiger partial charge in [-0.2, -0.15) is 0 Å². The maximum atomic E-state index is 12.3. The fourth-order valence-electron chi connectivity index (χ4n) is 3.00. The number of fused-ring (bicyclic) bond motifs is 3. The monoisotopic (exact) mass is 409 g/mol. The van der Waals surface area contributed by atoms with Crippen LogP contribution >= 0.6 is 11.6 Å². The quantitative estimate of drug-likeness (QED) is 0.467. The summed E-state index contributed by atoms with van der Waals surface area (Å²) in [6.45, 7) is -0.442. The van der Waals surface area contributed by atoms with E-state index in [1.165, 1.54) is 19.2 Å². The van der Waals surface area contributed by atoms with E-state index in [4.69, 9.17) is 25.5 Å². The van der Waals surface area contributed by atoms with Crippen LogP contribution in [0, 0.1) is 0 Å². The Morgan fingerprint density at radius 1 is 1.00 bits per heavy atom. The van der Waals surface area contributed by atoms with Crippen LogP contribution in [0.15, 0.2) is 65.1 Å². The van der Waals surface area contributed by atoms with Gasteiger partial charge in [-0.1, -0.05) is 29.8 Å². The van der Waals surface area contributed by atoms with Crippen molar-refractivity contribution in [1.29, 1.82) is 0 Å². The van der Waals surface area contributed by atoms with Crippen LogP contribution in [0.5, 0.6) is 5.75 Å². The van der Waals surface area contributed by atoms with E-state index in [0.29, 0.717) is 27.6 Å². The number of anilines is 1. The van der Waals surface area contributed by atoms with Crippen molar-refractivity contribution in [3.8, 4) is 5.75 Å². The van der Waals surface area contributed by atoms with Gasteiger partial charge in [-0.15, -0.1) is 0 Å². The highest BCUT2D eigenvalue weighted by Gasteiger charge is 2.15. The molecule has 1 amide bonds. The Hall–Kier alpha value is -3.51. The molecule has 4 rings (SSSR count). The summed E-state index contributed by atoms with van der Waals surface area (Å²) in [5.74, 6) is -0.640. The van der Waals surface area contributed by atoms with E-state index in [-0.39, 0.29) is 0 Å². The molecule has 1 aromatic heterocycles. The highest BCUT2D eigenvalue weighted by Crippen LogP contribution is 2.36. The van der Waals surface area contributed by atoms with Crippen LogP contribution in [0.2, 0.25) is 5.02 Å². The van der Waals surface area contributed by atoms with E-state index in [0.717, 1.165) is 16.4 Å². The number of esters is 1. The maximum Gasteiger partial charge on any atom is 0.338 e. The highest BCUT2D eigenvalue weighted by atomic mass is 35.5. The van der Waals surface area contributed by atoms with E-state index in [1.54, 1.807) is 24.3 Å². The first-order chi connectivity index (χ1) is 14.0. The Balaban J connectivity index is 1.50. The average molecular weight is 410 g/mol. The first-order valence-electron chi connectivity index (χ1n) is 8.77. The number of furan rings is 1. The lowest BCUT2D eigenvalue weighted by Gasteiger charge is -2.11. The number of amides is 1. The van der Waals surface area contributed by atoms with Crippen molar-refractivity contribution in [2.24, 2.45) is 0 Å². The van der Waals surface area contributed by atoms with E-state index in [2.05, 4.69) is 5.32 Å². The Morgan fingerprint density at radius 2 is 1.76 bits per heavy atom. The van der Waals surface area contributed by atoms with Crippen molar-refractivity contribution in [2.75, 3.05) is 19.0 Å². The number of benzene rings is 3. The number of ether oxygens (including phenoxy) is 2. The molecule has 0 aliphatic carbocycles. The van der Waals surface area contributed by atoms with Gasteiger partial charge in [-0.05, 0) is 36.4 Å². The molecule has 0 atom stereocenters. The summed E-state index contributed by atoms with van der Waals surface area (Å²) in [6.07, 6.45) is 0. The number of hydrogen-bond acceptors (Lipinski definition) is 5. The first kappa shape index (κ1) is 18.8. The predicted octanol–water partition coefficient (Wildman–Crippen LogP) is 5.04. The van der Waals surface area contributed by atoms with Crippen LogP contribution in [-0.4, -0.2) is 25.6 Å². The number of carbonyl (C=O) groups excluding carboxylic acids is 2. The zero-order chi connectivity index (χ0) is 20.4. The molecule has 0 bridgehead atoms. The number of methoxy groups -OCH3 is 1. The van der Waals surface area contributed by atoms with Gasteiger partial charge in [-0.3, -0.25) is 4.79 Å². The second-order valence-corrected chi connectivity index (χ2v) is 6.71. The summed E-state index contributed by atoms with van der Waals surface area (Å²) in [5, 5.41) is 5.03. The van der Waals surface area contributed by atoms with Crippen LogP contribution in [0.4, 0.5) is 5.69 Å². The summed E-state index contributed by atoms with van der Waals surface area (Å²) < 4.78 is 16.3. The highest BCUT2D eigenvalue weighted by molar-refractivity contribution is 6.30. The molecule has 6 nitrogen and oxygen atoms in total. The molecule has 0 fully saturated rings. The lowest BCUT2D eigenvalue weighted by atomic mass is 10.1. The summed E-state index contributed by atoms with van der Waals surface area (Å²) in [5.41, 5.74) is 2.08. The van der Waals surface area contributed by atoms with Gasteiger partial charge in [0, 0.05) is 21.9 Å². The Labute approximate surface area is 171 Å². The number of carbonyl (C=O) groups is 2. The third-order valence-electron chi connectivity index (χ3n) is 4.39. The van der Waals surface area contributed by atoms with Gasteiger partial charge >= 0.3 is 5.97 Å². The molecule has 0 aliphatic rings. The van der Waals surface area contributed by atoms with Gasteiger partial charge in [0.1, 0.15) is 16.9 Å². The standard InChI is InChI=1S/C22H16ClNO5/c1-27-20-10-16-15-4-2-3-5-18(15)29-19(16)11-17(20)24-21(25)12-28-22(26)13-6-8-14(23)9-7-13/h2-11H,12H2,1H3,(H,24,25). The fourth-order valence-corrected chi connectivity index (χ4v) is 3.13. The number of rotatable bonds is 5. The summed E-state index contributed by atoms with van der Waals surface area (Å²) >= 11 is 5.79. The summed E-state index contributed by atoms with van der Waals surface area (Å²) in [4.78, 5) is 24.3. The van der Waals surface area contributed by atoms with Crippen LogP contribution in [0.1, 0.15) is 10.4 Å². The molecule has 29 heavy (non-hydrogen) atoms. The van der Waals surface area contributed by atoms with Crippen molar-refractivity contribution in [3.05, 3.63) is 71.2 Å². The molecular weight excluding hydrogens is 394 g/mol. The topological polar surface area (TPSA) is 77.8 Å². The minimum absolute atomic E-state index is 0.309. The molecule has 0 spiro atoms. The molecule has 146 valence electrons. The SMILES string of the molecule is COc1cc2c(cc1NC(=O)COC(=O)c1ccc(Cl)cc1)oc1ccccc12. The van der Waals surface area contributed by atoms with E-state index in [9.17, 15) is 9.59 Å². The number of halogens is 1. The molecular formula is C22H16ClNO5. The van der Waals surface area contributed by atoms with Crippen LogP contribution in [0.3, 0.4) is 0 Å². The second kappa shape index (κ2) is 7.85. The molecule has 4 aromatic rings. The molecule has 1 heterocycles. The van der Waals surface area contributed by atoms with Crippen molar-refractivity contribution >= 4 is 51.1 Å². The average Bonchev–Trinajstić information content (AvgIpc) is 3.09. The van der Waals surface area contributed by atoms with Crippen LogP contribution in [-0.2, 0) is 9.53 Å². The van der Waals surface area contributed by atoms with E-state index < -0.39 is 18.5 Å². The van der Waals surface area contributed by atoms with Gasteiger partial charge < -0.3 is 19.2 Å². The van der Waals surface area contributed by atoms with Gasteiger partial charge in [0.15, 0.2) is 6.61 Å². The molecule has 0 unspecified atom stereocenters. The lowest BCUT2D eigenvalue weighted by molar-refractivity contribution is -0.119. The van der Waals surface area contributed by atoms with Gasteiger partial charge in [0.2, 0.25) is 0 Å². The smallest absolute Gasteiger partial charge is 0.338 e. The molecule has 0 radical (unpaired) electrons. The van der Waals surface area contributed by atoms with Crippen molar-refractivity contribution in [1.82, 2.24) is 0 Å². The zero-order valence-electron chi connectivity index (χ0n) is 15.4.